The Morgan fingerprint density at radius 2 is 2.03 bits per heavy atom. The van der Waals surface area contributed by atoms with Crippen molar-refractivity contribution in [2.45, 2.75) is 44.0 Å². The molecule has 0 unspecified atom stereocenters. The number of alkyl halides is 3. The third kappa shape index (κ3) is 4.05. The molecule has 4 atom stereocenters. The van der Waals surface area contributed by atoms with Crippen molar-refractivity contribution in [2.75, 3.05) is 32.9 Å². The minimum atomic E-state index is -4.89. The summed E-state index contributed by atoms with van der Waals surface area (Å²) in [6.07, 6.45) is -4.24. The molecule has 3 aliphatic rings. The maximum Gasteiger partial charge on any atom is 0.432 e. The molecule has 10 heteroatoms. The van der Waals surface area contributed by atoms with E-state index in [1.807, 2.05) is 6.08 Å². The quantitative estimate of drug-likeness (QED) is 0.511. The molecule has 7 nitrogen and oxygen atoms in total. The van der Waals surface area contributed by atoms with Crippen LogP contribution in [0.5, 0.6) is 11.5 Å². The van der Waals surface area contributed by atoms with Gasteiger partial charge in [-0.1, -0.05) is 18.2 Å². The summed E-state index contributed by atoms with van der Waals surface area (Å²) in [5.74, 6) is -1.26. The highest BCUT2D eigenvalue weighted by atomic mass is 19.4. The van der Waals surface area contributed by atoms with Gasteiger partial charge in [-0.15, -0.1) is 0 Å². The Labute approximate surface area is 177 Å². The van der Waals surface area contributed by atoms with Gasteiger partial charge in [-0.25, -0.2) is 0 Å². The van der Waals surface area contributed by atoms with E-state index in [0.717, 1.165) is 5.70 Å². The number of rotatable bonds is 5. The average molecular weight is 442 g/mol. The van der Waals surface area contributed by atoms with Gasteiger partial charge in [-0.3, -0.25) is 10.1 Å². The number of morpholine rings is 1. The molecule has 1 aliphatic carbocycles. The molecule has 0 amide bonds. The van der Waals surface area contributed by atoms with Crippen molar-refractivity contribution in [1.82, 2.24) is 4.90 Å². The first-order chi connectivity index (χ1) is 14.8. The number of nitrogens with zero attached hydrogens (tertiary/aromatic N) is 2. The van der Waals surface area contributed by atoms with E-state index >= 15 is 0 Å². The van der Waals surface area contributed by atoms with E-state index in [1.165, 1.54) is 6.07 Å². The van der Waals surface area contributed by atoms with E-state index in [0.29, 0.717) is 44.7 Å². The van der Waals surface area contributed by atoms with E-state index in [4.69, 9.17) is 14.2 Å². The molecule has 1 fully saturated rings. The first kappa shape index (κ1) is 21.7. The Morgan fingerprint density at radius 1 is 1.29 bits per heavy atom. The smallest absolute Gasteiger partial charge is 0.432 e. The van der Waals surface area contributed by atoms with E-state index in [2.05, 4.69) is 4.90 Å². The van der Waals surface area contributed by atoms with Crippen molar-refractivity contribution in [3.63, 3.8) is 0 Å². The Balaban J connectivity index is 1.82. The van der Waals surface area contributed by atoms with Crippen molar-refractivity contribution in [2.24, 2.45) is 5.92 Å². The number of halogens is 3. The van der Waals surface area contributed by atoms with Crippen LogP contribution in [0, 0.1) is 16.0 Å². The van der Waals surface area contributed by atoms with Crippen LogP contribution in [0.2, 0.25) is 0 Å². The number of ether oxygens (including phenoxy) is 3. The summed E-state index contributed by atoms with van der Waals surface area (Å²) in [6.45, 7) is 4.23. The van der Waals surface area contributed by atoms with Crippen LogP contribution in [-0.4, -0.2) is 61.1 Å². The van der Waals surface area contributed by atoms with Gasteiger partial charge in [0.25, 0.3) is 12.1 Å². The van der Waals surface area contributed by atoms with Gasteiger partial charge >= 0.3 is 6.18 Å². The minimum absolute atomic E-state index is 0.0389. The van der Waals surface area contributed by atoms with E-state index in [-0.39, 0.29) is 18.1 Å². The number of hydrogen-bond acceptors (Lipinski definition) is 6. The lowest BCUT2D eigenvalue weighted by Gasteiger charge is -2.41. The van der Waals surface area contributed by atoms with Crippen LogP contribution in [0.15, 0.2) is 30.0 Å². The van der Waals surface area contributed by atoms with Crippen LogP contribution in [0.3, 0.4) is 0 Å². The van der Waals surface area contributed by atoms with Gasteiger partial charge < -0.3 is 19.1 Å². The maximum absolute atomic E-state index is 14.0. The van der Waals surface area contributed by atoms with Gasteiger partial charge in [0.2, 0.25) is 0 Å². The molecule has 1 aromatic rings. The fourth-order valence-electron chi connectivity index (χ4n) is 4.98. The molecule has 0 bridgehead atoms. The fraction of sp³-hybridized carbons (Fsp3) is 0.619. The molecule has 31 heavy (non-hydrogen) atoms. The Hall–Kier alpha value is -2.49. The van der Waals surface area contributed by atoms with Crippen LogP contribution in [0.4, 0.5) is 13.2 Å². The van der Waals surface area contributed by atoms with Gasteiger partial charge in [-0.05, 0) is 25.8 Å². The van der Waals surface area contributed by atoms with Gasteiger partial charge in [-0.2, -0.15) is 13.2 Å². The van der Waals surface area contributed by atoms with E-state index in [1.54, 1.807) is 19.1 Å². The number of fused-ring (bicyclic) bond motifs is 1. The predicted octanol–water partition coefficient (Wildman–Crippen LogP) is 3.76. The predicted molar refractivity (Wildman–Crippen MR) is 105 cm³/mol. The normalized spacial score (nSPS) is 28.5. The van der Waals surface area contributed by atoms with Crippen molar-refractivity contribution < 1.29 is 32.3 Å². The number of para-hydroxylation sites is 1. The maximum atomic E-state index is 14.0. The summed E-state index contributed by atoms with van der Waals surface area (Å²) < 4.78 is 58.1. The number of allylic oxidation sites excluding steroid dienone is 2. The highest BCUT2D eigenvalue weighted by Gasteiger charge is 2.61. The molecular formula is C21H25F3N2O5. The lowest BCUT2D eigenvalue weighted by atomic mass is 9.74. The SMILES string of the molecule is CCOc1cccc2c1O[C@H](C(F)(F)F)[C@@H]([N+](=O)[O-])[C@@H]2[C@@H]1CCC=C1N1CCOCC1. The van der Waals surface area contributed by atoms with Crippen molar-refractivity contribution in [3.05, 3.63) is 45.6 Å². The topological polar surface area (TPSA) is 74.1 Å². The van der Waals surface area contributed by atoms with Gasteiger partial charge in [0.15, 0.2) is 11.5 Å². The second-order valence-electron chi connectivity index (χ2n) is 7.90. The van der Waals surface area contributed by atoms with Gasteiger partial charge in [0.05, 0.1) is 25.7 Å². The van der Waals surface area contributed by atoms with Crippen LogP contribution >= 0.6 is 0 Å². The molecule has 0 spiro atoms. The summed E-state index contributed by atoms with van der Waals surface area (Å²) in [5.41, 5.74) is 1.27. The lowest BCUT2D eigenvalue weighted by molar-refractivity contribution is -0.550. The molecule has 0 radical (unpaired) electrons. The standard InChI is InChI=1S/C21H25F3N2O5/c1-2-30-16-8-4-6-14-17(13-5-3-7-15(13)25-9-11-29-12-10-25)18(26(27)28)20(21(22,23)24)31-19(14)16/h4,6-8,13,17-18,20H,2-3,5,9-12H2,1H3/t13-,17-,18+,20+/m1/s1. The second kappa shape index (κ2) is 8.57. The summed E-state index contributed by atoms with van der Waals surface area (Å²) in [7, 11) is 0. The Kier molecular flexibility index (Phi) is 6.00. The summed E-state index contributed by atoms with van der Waals surface area (Å²) in [5, 5.41) is 12.0. The molecule has 0 saturated carbocycles. The Bertz CT molecular complexity index is 854. The van der Waals surface area contributed by atoms with E-state index < -0.39 is 35.1 Å². The monoisotopic (exact) mass is 442 g/mol. The molecule has 1 aromatic carbocycles. The Morgan fingerprint density at radius 3 is 2.68 bits per heavy atom. The summed E-state index contributed by atoms with van der Waals surface area (Å²) >= 11 is 0. The van der Waals surface area contributed by atoms with Crippen molar-refractivity contribution in [3.8, 4) is 11.5 Å². The molecule has 170 valence electrons. The summed E-state index contributed by atoms with van der Waals surface area (Å²) in [4.78, 5) is 13.3. The van der Waals surface area contributed by atoms with Crippen LogP contribution in [0.1, 0.15) is 31.2 Å². The van der Waals surface area contributed by atoms with E-state index in [9.17, 15) is 23.3 Å². The average Bonchev–Trinajstić information content (AvgIpc) is 3.22. The fourth-order valence-corrected chi connectivity index (χ4v) is 4.98. The second-order valence-corrected chi connectivity index (χ2v) is 7.90. The van der Waals surface area contributed by atoms with Crippen LogP contribution in [0.25, 0.3) is 0 Å². The van der Waals surface area contributed by atoms with Crippen LogP contribution in [-0.2, 0) is 4.74 Å². The number of nitro groups is 1. The molecule has 4 rings (SSSR count). The number of benzene rings is 1. The highest BCUT2D eigenvalue weighted by Crippen LogP contribution is 2.53. The third-order valence-electron chi connectivity index (χ3n) is 6.18. The summed E-state index contributed by atoms with van der Waals surface area (Å²) in [6, 6.07) is 2.86. The highest BCUT2D eigenvalue weighted by molar-refractivity contribution is 5.51. The van der Waals surface area contributed by atoms with Crippen molar-refractivity contribution in [1.29, 1.82) is 0 Å². The minimum Gasteiger partial charge on any atom is -0.490 e. The van der Waals surface area contributed by atoms with Crippen LogP contribution < -0.4 is 9.47 Å². The molecule has 0 aromatic heterocycles. The molecule has 2 aliphatic heterocycles. The first-order valence-electron chi connectivity index (χ1n) is 10.5. The molecule has 0 N–H and O–H groups in total. The zero-order valence-corrected chi connectivity index (χ0v) is 17.1. The largest absolute Gasteiger partial charge is 0.490 e. The molecule has 2 heterocycles. The first-order valence-corrected chi connectivity index (χ1v) is 10.5. The lowest BCUT2D eigenvalue weighted by Crippen LogP contribution is -2.55. The van der Waals surface area contributed by atoms with Gasteiger partial charge in [0.1, 0.15) is 0 Å². The number of hydrogen-bond donors (Lipinski definition) is 0. The zero-order chi connectivity index (χ0) is 22.2. The molecular weight excluding hydrogens is 417 g/mol. The van der Waals surface area contributed by atoms with Crippen molar-refractivity contribution >= 4 is 0 Å². The zero-order valence-electron chi connectivity index (χ0n) is 17.1. The molecule has 1 saturated heterocycles. The van der Waals surface area contributed by atoms with Gasteiger partial charge in [0, 0.05) is 35.2 Å². The third-order valence-corrected chi connectivity index (χ3v) is 6.18.